The van der Waals surface area contributed by atoms with E-state index in [1.807, 2.05) is 25.1 Å². The second-order valence-electron chi connectivity index (χ2n) is 10.5. The predicted molar refractivity (Wildman–Crippen MR) is 142 cm³/mol. The molecule has 3 aromatic heterocycles. The van der Waals surface area contributed by atoms with Crippen LogP contribution in [0, 0.1) is 0 Å². The molecule has 2 aliphatic heterocycles. The van der Waals surface area contributed by atoms with Crippen molar-refractivity contribution in [1.29, 1.82) is 0 Å². The van der Waals surface area contributed by atoms with Crippen molar-refractivity contribution in [2.45, 2.75) is 31.9 Å². The summed E-state index contributed by atoms with van der Waals surface area (Å²) < 4.78 is 37.5. The van der Waals surface area contributed by atoms with Crippen molar-refractivity contribution >= 4 is 16.8 Å². The molecule has 11 heteroatoms. The molecule has 0 radical (unpaired) electrons. The van der Waals surface area contributed by atoms with Gasteiger partial charge >= 0.3 is 0 Å². The first-order chi connectivity index (χ1) is 18.8. The summed E-state index contributed by atoms with van der Waals surface area (Å²) in [6.45, 7) is 5.46. The number of carbonyl (C=O) groups excluding carboxylic acids is 1. The molecule has 0 N–H and O–H groups in total. The molecule has 0 aliphatic carbocycles. The number of aryl methyl sites for hydroxylation is 1. The molecule has 0 bridgehead atoms. The maximum atomic E-state index is 14.3. The van der Waals surface area contributed by atoms with Crippen LogP contribution in [-0.4, -0.2) is 80.4 Å². The first-order valence-corrected chi connectivity index (χ1v) is 13.0. The zero-order valence-corrected chi connectivity index (χ0v) is 22.4. The van der Waals surface area contributed by atoms with Crippen LogP contribution in [0.1, 0.15) is 42.4 Å². The molecule has 4 aromatic rings. The number of halogens is 2. The van der Waals surface area contributed by atoms with E-state index in [4.69, 9.17) is 9.72 Å². The molecule has 39 heavy (non-hydrogen) atoms. The lowest BCUT2D eigenvalue weighted by Crippen LogP contribution is -2.48. The number of carbonyl (C=O) groups is 1. The topological polar surface area (TPSA) is 81.3 Å². The highest BCUT2D eigenvalue weighted by atomic mass is 19.3. The molecule has 1 atom stereocenters. The molecule has 0 spiro atoms. The summed E-state index contributed by atoms with van der Waals surface area (Å²) in [5.74, 6) is 1.08. The molecular weight excluding hydrogens is 504 g/mol. The average molecular weight is 536 g/mol. The van der Waals surface area contributed by atoms with E-state index in [0.29, 0.717) is 35.3 Å². The summed E-state index contributed by atoms with van der Waals surface area (Å²) in [5, 5.41) is 4.74. The summed E-state index contributed by atoms with van der Waals surface area (Å²) >= 11 is 0. The van der Waals surface area contributed by atoms with Gasteiger partial charge in [-0.1, -0.05) is 12.1 Å². The average Bonchev–Trinajstić information content (AvgIpc) is 3.49. The van der Waals surface area contributed by atoms with E-state index in [2.05, 4.69) is 19.5 Å². The van der Waals surface area contributed by atoms with Gasteiger partial charge in [-0.15, -0.1) is 0 Å². The number of likely N-dealkylation sites (tertiary alicyclic amines) is 1. The van der Waals surface area contributed by atoms with Crippen LogP contribution >= 0.6 is 0 Å². The Morgan fingerprint density at radius 1 is 1.15 bits per heavy atom. The van der Waals surface area contributed by atoms with E-state index >= 15 is 0 Å². The number of alkyl halides is 2. The predicted octanol–water partition coefficient (Wildman–Crippen LogP) is 4.02. The van der Waals surface area contributed by atoms with Crippen LogP contribution in [0.2, 0.25) is 0 Å². The van der Waals surface area contributed by atoms with Crippen LogP contribution in [-0.2, 0) is 23.1 Å². The number of aromatic nitrogens is 5. The molecule has 1 fully saturated rings. The lowest BCUT2D eigenvalue weighted by atomic mass is 9.98. The number of imidazole rings is 1. The maximum Gasteiger partial charge on any atom is 0.265 e. The van der Waals surface area contributed by atoms with E-state index in [-0.39, 0.29) is 23.1 Å². The largest absolute Gasteiger partial charge is 0.383 e. The Morgan fingerprint density at radius 2 is 1.95 bits per heavy atom. The van der Waals surface area contributed by atoms with Crippen molar-refractivity contribution in [3.63, 3.8) is 0 Å². The molecule has 204 valence electrons. The fraction of sp³-hybridized carbons (Fsp3) is 0.429. The number of ether oxygens (including phenoxy) is 1. The van der Waals surface area contributed by atoms with Crippen molar-refractivity contribution < 1.29 is 18.3 Å². The molecule has 1 amide bonds. The monoisotopic (exact) mass is 535 g/mol. The zero-order chi connectivity index (χ0) is 27.4. The van der Waals surface area contributed by atoms with Crippen LogP contribution in [0.4, 0.5) is 8.78 Å². The SMILES string of the molecule is COCCN1CC(c2nc(-c3cccc4nc(-c5cnn(C)c5)c(C(F)F)cc34)c3n2C(C)C(=O)N(C)C3)C1. The van der Waals surface area contributed by atoms with Crippen molar-refractivity contribution in [3.05, 3.63) is 53.7 Å². The van der Waals surface area contributed by atoms with Crippen molar-refractivity contribution in [2.75, 3.05) is 40.4 Å². The molecule has 6 rings (SSSR count). The minimum absolute atomic E-state index is 0.0314. The van der Waals surface area contributed by atoms with Gasteiger partial charge in [-0.05, 0) is 19.1 Å². The van der Waals surface area contributed by atoms with Gasteiger partial charge in [-0.3, -0.25) is 14.4 Å². The third-order valence-electron chi connectivity index (χ3n) is 7.84. The summed E-state index contributed by atoms with van der Waals surface area (Å²) in [5.41, 5.74) is 3.58. The van der Waals surface area contributed by atoms with Gasteiger partial charge in [0.2, 0.25) is 5.91 Å². The van der Waals surface area contributed by atoms with Gasteiger partial charge in [-0.25, -0.2) is 18.7 Å². The van der Waals surface area contributed by atoms with E-state index in [1.54, 1.807) is 43.2 Å². The smallest absolute Gasteiger partial charge is 0.265 e. The molecule has 1 saturated heterocycles. The standard InChI is InChI=1S/C28H31F2N7O2/c1-16-28(38)34(2)15-23-25(33-27(37(16)23)18-13-36(14-18)8-9-39-4)19-6-5-7-22-20(19)10-21(26(29)30)24(32-22)17-11-31-35(3)12-17/h5-7,10-12,16,18,26H,8-9,13-15H2,1-4H3. The molecular formula is C28H31F2N7O2. The van der Waals surface area contributed by atoms with Gasteiger partial charge in [0.1, 0.15) is 11.9 Å². The Balaban J connectivity index is 1.50. The van der Waals surface area contributed by atoms with Crippen LogP contribution in [0.25, 0.3) is 33.4 Å². The van der Waals surface area contributed by atoms with Gasteiger partial charge in [0.25, 0.3) is 6.43 Å². The molecule has 9 nitrogen and oxygen atoms in total. The van der Waals surface area contributed by atoms with Gasteiger partial charge in [-0.2, -0.15) is 5.10 Å². The Labute approximate surface area is 225 Å². The van der Waals surface area contributed by atoms with Crippen LogP contribution in [0.15, 0.2) is 36.7 Å². The van der Waals surface area contributed by atoms with Gasteiger partial charge in [0, 0.05) is 75.0 Å². The minimum atomic E-state index is -2.71. The van der Waals surface area contributed by atoms with Crippen LogP contribution in [0.5, 0.6) is 0 Å². The van der Waals surface area contributed by atoms with Gasteiger partial charge in [0.05, 0.1) is 41.9 Å². The molecule has 1 aromatic carbocycles. The highest BCUT2D eigenvalue weighted by Crippen LogP contribution is 2.41. The number of rotatable bonds is 7. The van der Waals surface area contributed by atoms with Crippen molar-refractivity contribution in [3.8, 4) is 22.5 Å². The van der Waals surface area contributed by atoms with Gasteiger partial charge < -0.3 is 14.2 Å². The number of nitrogens with zero attached hydrogens (tertiary/aromatic N) is 7. The summed E-state index contributed by atoms with van der Waals surface area (Å²) in [6.07, 6.45) is 0.517. The number of hydrogen-bond acceptors (Lipinski definition) is 6. The zero-order valence-electron chi connectivity index (χ0n) is 22.4. The maximum absolute atomic E-state index is 14.3. The van der Waals surface area contributed by atoms with Crippen LogP contribution < -0.4 is 0 Å². The Bertz CT molecular complexity index is 1560. The van der Waals surface area contributed by atoms with E-state index in [1.165, 1.54) is 6.07 Å². The summed E-state index contributed by atoms with van der Waals surface area (Å²) in [6, 6.07) is 6.75. The molecule has 1 unspecified atom stereocenters. The quantitative estimate of drug-likeness (QED) is 0.356. The number of pyridine rings is 1. The number of amides is 1. The molecule has 0 saturated carbocycles. The summed E-state index contributed by atoms with van der Waals surface area (Å²) in [4.78, 5) is 26.8. The van der Waals surface area contributed by atoms with E-state index < -0.39 is 12.5 Å². The first-order valence-electron chi connectivity index (χ1n) is 13.0. The lowest BCUT2D eigenvalue weighted by molar-refractivity contribution is -0.135. The fourth-order valence-electron chi connectivity index (χ4n) is 5.80. The Hall–Kier alpha value is -3.70. The minimum Gasteiger partial charge on any atom is -0.383 e. The third-order valence-corrected chi connectivity index (χ3v) is 7.84. The second kappa shape index (κ2) is 9.80. The number of methoxy groups -OCH3 is 1. The lowest BCUT2D eigenvalue weighted by Gasteiger charge is -2.40. The number of hydrogen-bond donors (Lipinski definition) is 0. The fourth-order valence-corrected chi connectivity index (χ4v) is 5.80. The number of likely N-dealkylation sites (N-methyl/N-ethyl adjacent to an activating group) is 1. The second-order valence-corrected chi connectivity index (χ2v) is 10.5. The van der Waals surface area contributed by atoms with Crippen molar-refractivity contribution in [2.24, 2.45) is 7.05 Å². The summed E-state index contributed by atoms with van der Waals surface area (Å²) in [7, 11) is 5.22. The Morgan fingerprint density at radius 3 is 2.64 bits per heavy atom. The van der Waals surface area contributed by atoms with Gasteiger partial charge in [0.15, 0.2) is 0 Å². The number of fused-ring (bicyclic) bond motifs is 2. The normalized spacial score (nSPS) is 18.3. The highest BCUT2D eigenvalue weighted by Gasteiger charge is 2.39. The Kier molecular flexibility index (Phi) is 6.43. The van der Waals surface area contributed by atoms with Crippen molar-refractivity contribution in [1.82, 2.24) is 34.1 Å². The van der Waals surface area contributed by atoms with Crippen LogP contribution in [0.3, 0.4) is 0 Å². The molecule has 5 heterocycles. The van der Waals surface area contributed by atoms with E-state index in [0.717, 1.165) is 36.7 Å². The highest BCUT2D eigenvalue weighted by molar-refractivity contribution is 5.96. The third kappa shape index (κ3) is 4.29. The van der Waals surface area contributed by atoms with E-state index in [9.17, 15) is 13.6 Å². The number of benzene rings is 1. The first kappa shape index (κ1) is 25.6. The molecule has 2 aliphatic rings.